The molecule has 0 aliphatic heterocycles. The van der Waals surface area contributed by atoms with Gasteiger partial charge in [0.05, 0.1) is 6.21 Å². The highest BCUT2D eigenvalue weighted by Gasteiger charge is 2.08. The molecule has 0 amide bonds. The van der Waals surface area contributed by atoms with E-state index >= 15 is 0 Å². The van der Waals surface area contributed by atoms with Crippen LogP contribution in [0.5, 0.6) is 0 Å². The van der Waals surface area contributed by atoms with Crippen molar-refractivity contribution in [3.63, 3.8) is 0 Å². The van der Waals surface area contributed by atoms with Crippen molar-refractivity contribution in [2.24, 2.45) is 5.10 Å². The van der Waals surface area contributed by atoms with Crippen LogP contribution in [-0.4, -0.2) is 25.7 Å². The minimum absolute atomic E-state index is 1.08. The fraction of sp³-hybridized carbons (Fsp3) is 0.133. The third-order valence-corrected chi connectivity index (χ3v) is 3.22. The van der Waals surface area contributed by atoms with E-state index in [2.05, 4.69) is 51.9 Å². The molecule has 2 heterocycles. The highest BCUT2D eigenvalue weighted by atomic mass is 15.4. The predicted molar refractivity (Wildman–Crippen MR) is 78.3 cm³/mol. The Balaban J connectivity index is 1.99. The molecule has 0 saturated heterocycles. The summed E-state index contributed by atoms with van der Waals surface area (Å²) in [5.74, 6) is 0. The van der Waals surface area contributed by atoms with Gasteiger partial charge in [-0.1, -0.05) is 18.2 Å². The molecule has 5 nitrogen and oxygen atoms in total. The second-order valence-corrected chi connectivity index (χ2v) is 4.58. The largest absolute Gasteiger partial charge is 0.318 e. The molecular weight excluding hydrogens is 250 g/mol. The topological polar surface area (TPSA) is 48.0 Å². The first-order valence-electron chi connectivity index (χ1n) is 6.39. The smallest absolute Gasteiger partial charge is 0.141 e. The highest BCUT2D eigenvalue weighted by molar-refractivity contribution is 5.82. The van der Waals surface area contributed by atoms with Crippen LogP contribution in [0.25, 0.3) is 5.69 Å². The summed E-state index contributed by atoms with van der Waals surface area (Å²) in [5, 5.41) is 11.7. The Morgan fingerprint density at radius 3 is 2.45 bits per heavy atom. The SMILES string of the molecule is Cc1cc(C=Nn2cnnc2)c(C)n1-c1ccccc1. The van der Waals surface area contributed by atoms with Crippen LogP contribution in [0.2, 0.25) is 0 Å². The molecule has 0 fully saturated rings. The number of hydrogen-bond acceptors (Lipinski definition) is 3. The number of benzene rings is 1. The van der Waals surface area contributed by atoms with Crippen molar-refractivity contribution < 1.29 is 0 Å². The first-order valence-corrected chi connectivity index (χ1v) is 6.39. The van der Waals surface area contributed by atoms with Crippen LogP contribution in [0.1, 0.15) is 17.0 Å². The summed E-state index contributed by atoms with van der Waals surface area (Å²) in [7, 11) is 0. The maximum Gasteiger partial charge on any atom is 0.141 e. The monoisotopic (exact) mass is 265 g/mol. The summed E-state index contributed by atoms with van der Waals surface area (Å²) < 4.78 is 3.79. The van der Waals surface area contributed by atoms with E-state index in [1.165, 1.54) is 5.69 Å². The third-order valence-electron chi connectivity index (χ3n) is 3.22. The molecule has 0 bridgehead atoms. The summed E-state index contributed by atoms with van der Waals surface area (Å²) in [4.78, 5) is 0. The zero-order chi connectivity index (χ0) is 13.9. The summed E-state index contributed by atoms with van der Waals surface area (Å²) >= 11 is 0. The zero-order valence-electron chi connectivity index (χ0n) is 11.4. The Bertz CT molecular complexity index is 723. The molecule has 0 radical (unpaired) electrons. The van der Waals surface area contributed by atoms with Crippen molar-refractivity contribution >= 4 is 6.21 Å². The minimum Gasteiger partial charge on any atom is -0.318 e. The Morgan fingerprint density at radius 2 is 1.75 bits per heavy atom. The van der Waals surface area contributed by atoms with Crippen LogP contribution >= 0.6 is 0 Å². The van der Waals surface area contributed by atoms with Crippen molar-refractivity contribution in [3.8, 4) is 5.69 Å². The lowest BCUT2D eigenvalue weighted by Crippen LogP contribution is -1.99. The molecule has 0 unspecified atom stereocenters. The van der Waals surface area contributed by atoms with E-state index in [1.807, 2.05) is 24.4 Å². The Labute approximate surface area is 117 Å². The van der Waals surface area contributed by atoms with E-state index in [4.69, 9.17) is 0 Å². The summed E-state index contributed by atoms with van der Waals surface area (Å²) in [6.45, 7) is 4.18. The lowest BCUT2D eigenvalue weighted by atomic mass is 10.2. The number of aryl methyl sites for hydroxylation is 1. The average Bonchev–Trinajstić information content (AvgIpc) is 3.06. The Morgan fingerprint density at radius 1 is 1.05 bits per heavy atom. The molecular formula is C15H15N5. The maximum absolute atomic E-state index is 4.30. The van der Waals surface area contributed by atoms with Crippen LogP contribution in [0.15, 0.2) is 54.2 Å². The molecule has 0 atom stereocenters. The molecule has 2 aromatic heterocycles. The van der Waals surface area contributed by atoms with Crippen LogP contribution in [0, 0.1) is 13.8 Å². The highest BCUT2D eigenvalue weighted by Crippen LogP contribution is 2.19. The molecule has 0 aliphatic rings. The Kier molecular flexibility index (Phi) is 3.16. The van der Waals surface area contributed by atoms with Crippen LogP contribution in [0.3, 0.4) is 0 Å². The average molecular weight is 265 g/mol. The lowest BCUT2D eigenvalue weighted by Gasteiger charge is -2.08. The molecule has 3 aromatic rings. The first kappa shape index (κ1) is 12.3. The van der Waals surface area contributed by atoms with Gasteiger partial charge in [0.2, 0.25) is 0 Å². The van der Waals surface area contributed by atoms with Gasteiger partial charge in [-0.15, -0.1) is 10.2 Å². The molecule has 100 valence electrons. The van der Waals surface area contributed by atoms with E-state index in [9.17, 15) is 0 Å². The van der Waals surface area contributed by atoms with E-state index < -0.39 is 0 Å². The number of rotatable bonds is 3. The van der Waals surface area contributed by atoms with Gasteiger partial charge in [0.15, 0.2) is 0 Å². The van der Waals surface area contributed by atoms with Crippen molar-refractivity contribution in [2.75, 3.05) is 0 Å². The Hall–Kier alpha value is -2.69. The quantitative estimate of drug-likeness (QED) is 0.683. The van der Waals surface area contributed by atoms with Crippen LogP contribution in [-0.2, 0) is 0 Å². The summed E-state index contributed by atoms with van der Waals surface area (Å²) in [6.07, 6.45) is 4.95. The molecule has 20 heavy (non-hydrogen) atoms. The van der Waals surface area contributed by atoms with Gasteiger partial charge >= 0.3 is 0 Å². The van der Waals surface area contributed by atoms with Gasteiger partial charge in [-0.05, 0) is 32.0 Å². The van der Waals surface area contributed by atoms with Gasteiger partial charge in [-0.2, -0.15) is 5.10 Å². The number of nitrogens with zero attached hydrogens (tertiary/aromatic N) is 5. The number of hydrogen-bond donors (Lipinski definition) is 0. The van der Waals surface area contributed by atoms with Crippen molar-refractivity contribution in [2.45, 2.75) is 13.8 Å². The number of aromatic nitrogens is 4. The van der Waals surface area contributed by atoms with Gasteiger partial charge in [-0.25, -0.2) is 4.68 Å². The molecule has 0 N–H and O–H groups in total. The molecule has 3 rings (SSSR count). The normalized spacial score (nSPS) is 11.3. The predicted octanol–water partition coefficient (Wildman–Crippen LogP) is 2.57. The molecule has 0 saturated carbocycles. The maximum atomic E-state index is 4.30. The van der Waals surface area contributed by atoms with Crippen LogP contribution < -0.4 is 0 Å². The zero-order valence-corrected chi connectivity index (χ0v) is 11.4. The molecule has 1 aromatic carbocycles. The summed E-state index contributed by atoms with van der Waals surface area (Å²) in [6, 6.07) is 12.4. The lowest BCUT2D eigenvalue weighted by molar-refractivity contribution is 0.877. The van der Waals surface area contributed by atoms with E-state index in [0.29, 0.717) is 0 Å². The number of para-hydroxylation sites is 1. The van der Waals surface area contributed by atoms with Crippen molar-refractivity contribution in [3.05, 3.63) is 66.0 Å². The van der Waals surface area contributed by atoms with Gasteiger partial charge < -0.3 is 4.57 Å². The van der Waals surface area contributed by atoms with Crippen molar-refractivity contribution in [1.82, 2.24) is 19.4 Å². The molecule has 0 aliphatic carbocycles. The second kappa shape index (κ2) is 5.13. The van der Waals surface area contributed by atoms with Gasteiger partial charge in [0.1, 0.15) is 12.7 Å². The fourth-order valence-corrected chi connectivity index (χ4v) is 2.28. The van der Waals surface area contributed by atoms with Gasteiger partial charge in [-0.3, -0.25) is 0 Å². The van der Waals surface area contributed by atoms with E-state index in [0.717, 1.165) is 16.9 Å². The van der Waals surface area contributed by atoms with Gasteiger partial charge in [0.25, 0.3) is 0 Å². The van der Waals surface area contributed by atoms with E-state index in [1.54, 1.807) is 17.3 Å². The van der Waals surface area contributed by atoms with Gasteiger partial charge in [0, 0.05) is 22.6 Å². The minimum atomic E-state index is 1.08. The van der Waals surface area contributed by atoms with Crippen LogP contribution in [0.4, 0.5) is 0 Å². The van der Waals surface area contributed by atoms with Crippen molar-refractivity contribution in [1.29, 1.82) is 0 Å². The second-order valence-electron chi connectivity index (χ2n) is 4.58. The third kappa shape index (κ3) is 2.25. The first-order chi connectivity index (χ1) is 9.75. The molecule has 0 spiro atoms. The summed E-state index contributed by atoms with van der Waals surface area (Å²) in [5.41, 5.74) is 4.58. The van der Waals surface area contributed by atoms with E-state index in [-0.39, 0.29) is 0 Å². The molecule has 5 heteroatoms. The standard InChI is InChI=1S/C15H15N5/c1-12-8-14(9-18-19-10-16-17-11-19)13(2)20(12)15-6-4-3-5-7-15/h3-11H,1-2H3. The fourth-order valence-electron chi connectivity index (χ4n) is 2.28.